The van der Waals surface area contributed by atoms with Crippen LogP contribution in [0, 0.1) is 0 Å². The Labute approximate surface area is 128 Å². The first kappa shape index (κ1) is 15.8. The summed E-state index contributed by atoms with van der Waals surface area (Å²) in [6, 6.07) is 8.65. The molecule has 1 aromatic carbocycles. The second-order valence-corrected chi connectivity index (χ2v) is 4.67. The van der Waals surface area contributed by atoms with Crippen LogP contribution in [-0.4, -0.2) is 23.6 Å². The molecule has 0 spiro atoms. The van der Waals surface area contributed by atoms with Gasteiger partial charge in [-0.15, -0.1) is 0 Å². The van der Waals surface area contributed by atoms with Crippen molar-refractivity contribution in [2.24, 2.45) is 0 Å². The van der Waals surface area contributed by atoms with Crippen molar-refractivity contribution in [1.82, 2.24) is 5.16 Å². The number of ether oxygens (including phenoxy) is 1. The van der Waals surface area contributed by atoms with Crippen molar-refractivity contribution in [2.75, 3.05) is 11.9 Å². The lowest BCUT2D eigenvalue weighted by molar-refractivity contribution is -0.116. The fraction of sp³-hybridized carbons (Fsp3) is 0.312. The van der Waals surface area contributed by atoms with Crippen LogP contribution in [0.5, 0.6) is 0 Å². The Balaban J connectivity index is 2.07. The quantitative estimate of drug-likeness (QED) is 0.828. The largest absolute Gasteiger partial charge is 0.461 e. The van der Waals surface area contributed by atoms with E-state index in [9.17, 15) is 9.59 Å². The van der Waals surface area contributed by atoms with Crippen LogP contribution < -0.4 is 5.32 Å². The third kappa shape index (κ3) is 3.94. The first-order valence-electron chi connectivity index (χ1n) is 7.18. The van der Waals surface area contributed by atoms with E-state index in [1.54, 1.807) is 31.2 Å². The smallest absolute Gasteiger partial charge is 0.360 e. The Morgan fingerprint density at radius 1 is 1.23 bits per heavy atom. The lowest BCUT2D eigenvalue weighted by atomic mass is 10.1. The predicted molar refractivity (Wildman–Crippen MR) is 81.4 cm³/mol. The average Bonchev–Trinajstić information content (AvgIpc) is 2.98. The van der Waals surface area contributed by atoms with E-state index in [4.69, 9.17) is 9.26 Å². The molecule has 116 valence electrons. The molecule has 6 nitrogen and oxygen atoms in total. The number of carbonyl (C=O) groups excluding carboxylic acids is 2. The fourth-order valence-corrected chi connectivity index (χ4v) is 1.88. The fourth-order valence-electron chi connectivity index (χ4n) is 1.88. The lowest BCUT2D eigenvalue weighted by Crippen LogP contribution is -2.10. The van der Waals surface area contributed by atoms with Crippen molar-refractivity contribution in [3.63, 3.8) is 0 Å². The standard InChI is InChI=1S/C16H18N2O4/c1-3-5-15(19)17-12-8-6-11(7-9-12)14-10-13(18-22-14)16(20)21-4-2/h6-10H,3-5H2,1-2H3,(H,17,19). The zero-order valence-corrected chi connectivity index (χ0v) is 12.6. The van der Waals surface area contributed by atoms with Crippen molar-refractivity contribution >= 4 is 17.6 Å². The van der Waals surface area contributed by atoms with Gasteiger partial charge in [-0.25, -0.2) is 4.79 Å². The number of carbonyl (C=O) groups is 2. The number of hydrogen-bond donors (Lipinski definition) is 1. The number of hydrogen-bond acceptors (Lipinski definition) is 5. The summed E-state index contributed by atoms with van der Waals surface area (Å²) in [5, 5.41) is 6.49. The summed E-state index contributed by atoms with van der Waals surface area (Å²) in [6.07, 6.45) is 1.30. The minimum atomic E-state index is -0.513. The second-order valence-electron chi connectivity index (χ2n) is 4.67. The molecule has 1 N–H and O–H groups in total. The Morgan fingerprint density at radius 2 is 1.95 bits per heavy atom. The van der Waals surface area contributed by atoms with E-state index in [0.29, 0.717) is 17.9 Å². The molecule has 1 heterocycles. The Morgan fingerprint density at radius 3 is 2.59 bits per heavy atom. The van der Waals surface area contributed by atoms with Crippen LogP contribution in [0.4, 0.5) is 5.69 Å². The van der Waals surface area contributed by atoms with Gasteiger partial charge in [0.15, 0.2) is 11.5 Å². The van der Waals surface area contributed by atoms with E-state index >= 15 is 0 Å². The van der Waals surface area contributed by atoms with Gasteiger partial charge in [0.25, 0.3) is 0 Å². The van der Waals surface area contributed by atoms with Crippen LogP contribution in [0.3, 0.4) is 0 Å². The summed E-state index contributed by atoms with van der Waals surface area (Å²) in [5.74, 6) is -0.0602. The monoisotopic (exact) mass is 302 g/mol. The molecule has 0 aliphatic carbocycles. The number of aromatic nitrogens is 1. The number of amides is 1. The first-order chi connectivity index (χ1) is 10.6. The zero-order chi connectivity index (χ0) is 15.9. The first-order valence-corrected chi connectivity index (χ1v) is 7.18. The number of esters is 1. The average molecular weight is 302 g/mol. The van der Waals surface area contributed by atoms with E-state index in [1.165, 1.54) is 6.07 Å². The molecule has 0 saturated carbocycles. The van der Waals surface area contributed by atoms with E-state index in [-0.39, 0.29) is 18.2 Å². The van der Waals surface area contributed by atoms with Gasteiger partial charge in [-0.3, -0.25) is 4.79 Å². The molecule has 0 radical (unpaired) electrons. The van der Waals surface area contributed by atoms with E-state index in [2.05, 4.69) is 10.5 Å². The highest BCUT2D eigenvalue weighted by molar-refractivity contribution is 5.91. The number of benzene rings is 1. The molecule has 6 heteroatoms. The summed E-state index contributed by atoms with van der Waals surface area (Å²) in [7, 11) is 0. The third-order valence-electron chi connectivity index (χ3n) is 2.92. The molecule has 0 aliphatic heterocycles. The third-order valence-corrected chi connectivity index (χ3v) is 2.92. The van der Waals surface area contributed by atoms with Gasteiger partial charge in [0, 0.05) is 23.7 Å². The molecule has 0 aliphatic rings. The number of nitrogens with one attached hydrogen (secondary N) is 1. The maximum atomic E-state index is 11.5. The SMILES string of the molecule is CCCC(=O)Nc1ccc(-c2cc(C(=O)OCC)no2)cc1. The van der Waals surface area contributed by atoms with Crippen LogP contribution in [0.25, 0.3) is 11.3 Å². The molecule has 2 aromatic rings. The highest BCUT2D eigenvalue weighted by Crippen LogP contribution is 2.22. The van der Waals surface area contributed by atoms with Crippen molar-refractivity contribution < 1.29 is 18.8 Å². The van der Waals surface area contributed by atoms with E-state index < -0.39 is 5.97 Å². The van der Waals surface area contributed by atoms with Crippen molar-refractivity contribution in [1.29, 1.82) is 0 Å². The number of rotatable bonds is 6. The highest BCUT2D eigenvalue weighted by atomic mass is 16.5. The molecule has 22 heavy (non-hydrogen) atoms. The van der Waals surface area contributed by atoms with Crippen LogP contribution >= 0.6 is 0 Å². The number of anilines is 1. The van der Waals surface area contributed by atoms with Gasteiger partial charge in [0.05, 0.1) is 6.61 Å². The predicted octanol–water partition coefficient (Wildman–Crippen LogP) is 3.26. The lowest BCUT2D eigenvalue weighted by Gasteiger charge is -2.04. The minimum Gasteiger partial charge on any atom is -0.461 e. The molecule has 1 aromatic heterocycles. The summed E-state index contributed by atoms with van der Waals surface area (Å²) in [4.78, 5) is 23.1. The molecule has 0 bridgehead atoms. The van der Waals surface area contributed by atoms with Crippen LogP contribution in [-0.2, 0) is 9.53 Å². The molecule has 1 amide bonds. The van der Waals surface area contributed by atoms with Crippen LogP contribution in [0.1, 0.15) is 37.2 Å². The zero-order valence-electron chi connectivity index (χ0n) is 12.6. The minimum absolute atomic E-state index is 0.0143. The molecule has 0 atom stereocenters. The molecule has 2 rings (SSSR count). The summed E-state index contributed by atoms with van der Waals surface area (Å²) < 4.78 is 9.99. The van der Waals surface area contributed by atoms with Gasteiger partial charge in [-0.05, 0) is 37.6 Å². The normalized spacial score (nSPS) is 10.3. The maximum Gasteiger partial charge on any atom is 0.360 e. The molecular weight excluding hydrogens is 284 g/mol. The van der Waals surface area contributed by atoms with Gasteiger partial charge in [0.1, 0.15) is 0 Å². The molecule has 0 unspecified atom stereocenters. The number of nitrogens with zero attached hydrogens (tertiary/aromatic N) is 1. The van der Waals surface area contributed by atoms with Gasteiger partial charge < -0.3 is 14.6 Å². The Bertz CT molecular complexity index is 646. The van der Waals surface area contributed by atoms with Gasteiger partial charge >= 0.3 is 5.97 Å². The van der Waals surface area contributed by atoms with Crippen LogP contribution in [0.15, 0.2) is 34.9 Å². The maximum absolute atomic E-state index is 11.5. The summed E-state index contributed by atoms with van der Waals surface area (Å²) >= 11 is 0. The Kier molecular flexibility index (Phi) is 5.30. The van der Waals surface area contributed by atoms with Gasteiger partial charge in [-0.2, -0.15) is 0 Å². The van der Waals surface area contributed by atoms with Gasteiger partial charge in [0.2, 0.25) is 5.91 Å². The van der Waals surface area contributed by atoms with E-state index in [0.717, 1.165) is 12.0 Å². The van der Waals surface area contributed by atoms with Crippen LogP contribution in [0.2, 0.25) is 0 Å². The topological polar surface area (TPSA) is 81.4 Å². The van der Waals surface area contributed by atoms with Crippen molar-refractivity contribution in [3.05, 3.63) is 36.0 Å². The van der Waals surface area contributed by atoms with Gasteiger partial charge in [-0.1, -0.05) is 12.1 Å². The summed E-state index contributed by atoms with van der Waals surface area (Å²) in [6.45, 7) is 3.96. The second kappa shape index (κ2) is 7.40. The van der Waals surface area contributed by atoms with E-state index in [1.807, 2.05) is 6.92 Å². The Hall–Kier alpha value is -2.63. The molecule has 0 saturated heterocycles. The van der Waals surface area contributed by atoms with Crippen molar-refractivity contribution in [2.45, 2.75) is 26.7 Å². The molecular formula is C16H18N2O4. The summed E-state index contributed by atoms with van der Waals surface area (Å²) in [5.41, 5.74) is 1.61. The molecule has 0 fully saturated rings. The van der Waals surface area contributed by atoms with Crippen molar-refractivity contribution in [3.8, 4) is 11.3 Å². The highest BCUT2D eigenvalue weighted by Gasteiger charge is 2.14.